The van der Waals surface area contributed by atoms with Gasteiger partial charge in [0.25, 0.3) is 0 Å². The lowest BCUT2D eigenvalue weighted by Gasteiger charge is -2.14. The van der Waals surface area contributed by atoms with E-state index in [1.165, 1.54) is 11.1 Å². The molecule has 0 heterocycles. The molecule has 0 fully saturated rings. The lowest BCUT2D eigenvalue weighted by molar-refractivity contribution is 0.0669. The molecule has 2 rings (SSSR count). The Labute approximate surface area is 115 Å². The second-order valence-corrected chi connectivity index (χ2v) is 4.60. The second kappa shape index (κ2) is 7.55. The van der Waals surface area contributed by atoms with E-state index in [9.17, 15) is 0 Å². The van der Waals surface area contributed by atoms with Crippen molar-refractivity contribution >= 4 is 0 Å². The summed E-state index contributed by atoms with van der Waals surface area (Å²) in [6.07, 6.45) is 4.00. The normalized spacial score (nSPS) is 12.0. The predicted octanol–water partition coefficient (Wildman–Crippen LogP) is 4.39. The van der Waals surface area contributed by atoms with Crippen LogP contribution in [0.1, 0.15) is 17.5 Å². The Kier molecular flexibility index (Phi) is 5.39. The first-order valence-corrected chi connectivity index (χ1v) is 6.70. The number of hydrogen-bond donors (Lipinski definition) is 0. The molecule has 0 saturated heterocycles. The number of benzene rings is 2. The van der Waals surface area contributed by atoms with Crippen LogP contribution in [0.5, 0.6) is 0 Å². The van der Waals surface area contributed by atoms with E-state index in [4.69, 9.17) is 4.74 Å². The Hall–Kier alpha value is -1.86. The second-order valence-electron chi connectivity index (χ2n) is 4.60. The van der Waals surface area contributed by atoms with E-state index < -0.39 is 0 Å². The number of aryl methyl sites for hydroxylation is 1. The third kappa shape index (κ3) is 4.72. The molecule has 0 saturated carbocycles. The molecular weight excluding hydrogens is 232 g/mol. The van der Waals surface area contributed by atoms with Gasteiger partial charge in [-0.25, -0.2) is 0 Å². The summed E-state index contributed by atoms with van der Waals surface area (Å²) in [4.78, 5) is 0. The van der Waals surface area contributed by atoms with Crippen molar-refractivity contribution in [3.05, 3.63) is 84.4 Å². The van der Waals surface area contributed by atoms with E-state index in [0.29, 0.717) is 6.61 Å². The van der Waals surface area contributed by atoms with Gasteiger partial charge in [-0.05, 0) is 24.0 Å². The Morgan fingerprint density at radius 2 is 1.47 bits per heavy atom. The van der Waals surface area contributed by atoms with Crippen molar-refractivity contribution in [2.75, 3.05) is 0 Å². The van der Waals surface area contributed by atoms with Crippen molar-refractivity contribution in [1.29, 1.82) is 0 Å². The zero-order valence-electron chi connectivity index (χ0n) is 11.2. The van der Waals surface area contributed by atoms with Gasteiger partial charge in [-0.1, -0.05) is 66.7 Å². The molecular formula is C18H20O. The van der Waals surface area contributed by atoms with Gasteiger partial charge in [-0.3, -0.25) is 0 Å². The first-order chi connectivity index (χ1) is 9.38. The topological polar surface area (TPSA) is 9.23 Å². The standard InChI is InChI=1S/C18H20O/c1-2-18(14-13-16-9-5-3-6-10-16)19-15-17-11-7-4-8-12-17/h2-12,18H,1,13-15H2. The molecule has 2 aromatic carbocycles. The largest absolute Gasteiger partial charge is 0.369 e. The maximum Gasteiger partial charge on any atom is 0.0760 e. The van der Waals surface area contributed by atoms with Crippen LogP contribution < -0.4 is 0 Å². The van der Waals surface area contributed by atoms with Crippen molar-refractivity contribution in [1.82, 2.24) is 0 Å². The Morgan fingerprint density at radius 3 is 2.05 bits per heavy atom. The van der Waals surface area contributed by atoms with Crippen LogP contribution in [0.3, 0.4) is 0 Å². The zero-order valence-corrected chi connectivity index (χ0v) is 11.2. The van der Waals surface area contributed by atoms with Crippen LogP contribution in [-0.2, 0) is 17.8 Å². The van der Waals surface area contributed by atoms with Gasteiger partial charge in [0.15, 0.2) is 0 Å². The van der Waals surface area contributed by atoms with E-state index in [1.54, 1.807) is 0 Å². The first kappa shape index (κ1) is 13.6. The van der Waals surface area contributed by atoms with Gasteiger partial charge in [0.1, 0.15) is 0 Å². The van der Waals surface area contributed by atoms with Gasteiger partial charge >= 0.3 is 0 Å². The zero-order chi connectivity index (χ0) is 13.3. The quantitative estimate of drug-likeness (QED) is 0.664. The monoisotopic (exact) mass is 252 g/mol. The summed E-state index contributed by atoms with van der Waals surface area (Å²) < 4.78 is 5.88. The molecule has 1 unspecified atom stereocenters. The lowest BCUT2D eigenvalue weighted by atomic mass is 10.1. The molecule has 0 aliphatic carbocycles. The highest BCUT2D eigenvalue weighted by Crippen LogP contribution is 2.11. The van der Waals surface area contributed by atoms with Crippen molar-refractivity contribution in [2.24, 2.45) is 0 Å². The van der Waals surface area contributed by atoms with E-state index in [2.05, 4.69) is 43.0 Å². The molecule has 0 aromatic heterocycles. The predicted molar refractivity (Wildman–Crippen MR) is 80.0 cm³/mol. The lowest BCUT2D eigenvalue weighted by Crippen LogP contribution is -2.10. The fraction of sp³-hybridized carbons (Fsp3) is 0.222. The van der Waals surface area contributed by atoms with Crippen LogP contribution in [0.25, 0.3) is 0 Å². The minimum Gasteiger partial charge on any atom is -0.369 e. The van der Waals surface area contributed by atoms with Gasteiger partial charge in [-0.15, -0.1) is 6.58 Å². The molecule has 98 valence electrons. The summed E-state index contributed by atoms with van der Waals surface area (Å²) in [6, 6.07) is 20.7. The molecule has 0 bridgehead atoms. The van der Waals surface area contributed by atoms with Gasteiger partial charge in [0, 0.05) is 0 Å². The minimum atomic E-state index is 0.111. The molecule has 0 aliphatic rings. The fourth-order valence-electron chi connectivity index (χ4n) is 2.00. The number of rotatable bonds is 7. The van der Waals surface area contributed by atoms with Crippen LogP contribution in [0.4, 0.5) is 0 Å². The van der Waals surface area contributed by atoms with Crippen LogP contribution in [0.2, 0.25) is 0 Å². The number of ether oxygens (including phenoxy) is 1. The Balaban J connectivity index is 1.79. The first-order valence-electron chi connectivity index (χ1n) is 6.70. The molecule has 0 aliphatic heterocycles. The van der Waals surface area contributed by atoms with Crippen molar-refractivity contribution in [2.45, 2.75) is 25.6 Å². The summed E-state index contributed by atoms with van der Waals surface area (Å²) in [7, 11) is 0. The molecule has 1 heteroatoms. The molecule has 2 aromatic rings. The SMILES string of the molecule is C=CC(CCc1ccccc1)OCc1ccccc1. The molecule has 0 radical (unpaired) electrons. The van der Waals surface area contributed by atoms with Crippen molar-refractivity contribution in [3.8, 4) is 0 Å². The van der Waals surface area contributed by atoms with Crippen molar-refractivity contribution in [3.63, 3.8) is 0 Å². The highest BCUT2D eigenvalue weighted by Gasteiger charge is 2.05. The highest BCUT2D eigenvalue weighted by molar-refractivity contribution is 5.15. The van der Waals surface area contributed by atoms with Gasteiger partial charge in [0.2, 0.25) is 0 Å². The van der Waals surface area contributed by atoms with E-state index in [0.717, 1.165) is 12.8 Å². The minimum absolute atomic E-state index is 0.111. The molecule has 1 atom stereocenters. The fourth-order valence-corrected chi connectivity index (χ4v) is 2.00. The maximum atomic E-state index is 5.88. The molecule has 0 amide bonds. The maximum absolute atomic E-state index is 5.88. The third-order valence-electron chi connectivity index (χ3n) is 3.13. The molecule has 1 nitrogen and oxygen atoms in total. The number of hydrogen-bond acceptors (Lipinski definition) is 1. The Morgan fingerprint density at radius 1 is 0.895 bits per heavy atom. The van der Waals surface area contributed by atoms with Crippen LogP contribution in [-0.4, -0.2) is 6.10 Å². The Bertz CT molecular complexity index is 432. The molecule has 0 N–H and O–H groups in total. The van der Waals surface area contributed by atoms with Gasteiger partial charge in [0.05, 0.1) is 12.7 Å². The van der Waals surface area contributed by atoms with Crippen LogP contribution >= 0.6 is 0 Å². The van der Waals surface area contributed by atoms with Gasteiger partial charge in [-0.2, -0.15) is 0 Å². The summed E-state index contributed by atoms with van der Waals surface area (Å²) in [6.45, 7) is 4.51. The smallest absolute Gasteiger partial charge is 0.0760 e. The summed E-state index contributed by atoms with van der Waals surface area (Å²) in [5.41, 5.74) is 2.55. The third-order valence-corrected chi connectivity index (χ3v) is 3.13. The van der Waals surface area contributed by atoms with Crippen LogP contribution in [0, 0.1) is 0 Å². The molecule has 19 heavy (non-hydrogen) atoms. The van der Waals surface area contributed by atoms with E-state index >= 15 is 0 Å². The average Bonchev–Trinajstić information content (AvgIpc) is 2.49. The van der Waals surface area contributed by atoms with Gasteiger partial charge < -0.3 is 4.74 Å². The summed E-state index contributed by atoms with van der Waals surface area (Å²) in [5, 5.41) is 0. The van der Waals surface area contributed by atoms with E-state index in [1.807, 2.05) is 30.3 Å². The highest BCUT2D eigenvalue weighted by atomic mass is 16.5. The molecule has 0 spiro atoms. The summed E-state index contributed by atoms with van der Waals surface area (Å²) in [5.74, 6) is 0. The van der Waals surface area contributed by atoms with E-state index in [-0.39, 0.29) is 6.10 Å². The average molecular weight is 252 g/mol. The van der Waals surface area contributed by atoms with Crippen LogP contribution in [0.15, 0.2) is 73.3 Å². The van der Waals surface area contributed by atoms with Crippen molar-refractivity contribution < 1.29 is 4.74 Å². The summed E-state index contributed by atoms with van der Waals surface area (Å²) >= 11 is 0.